The van der Waals surface area contributed by atoms with Gasteiger partial charge in [0.25, 0.3) is 0 Å². The Balaban J connectivity index is 1.84. The van der Waals surface area contributed by atoms with E-state index in [4.69, 9.17) is 9.98 Å². The summed E-state index contributed by atoms with van der Waals surface area (Å²) in [5.74, 6) is 0.398. The van der Waals surface area contributed by atoms with Crippen LogP contribution in [-0.2, 0) is 6.54 Å². The van der Waals surface area contributed by atoms with Gasteiger partial charge in [0.15, 0.2) is 0 Å². The zero-order valence-corrected chi connectivity index (χ0v) is 16.9. The van der Waals surface area contributed by atoms with E-state index in [0.29, 0.717) is 18.2 Å². The van der Waals surface area contributed by atoms with Crippen molar-refractivity contribution in [1.82, 2.24) is 14.9 Å². The maximum atomic E-state index is 9.54. The predicted molar refractivity (Wildman–Crippen MR) is 114 cm³/mol. The molecule has 2 aromatic heterocycles. The molecule has 0 fully saturated rings. The van der Waals surface area contributed by atoms with Crippen LogP contribution in [0.3, 0.4) is 0 Å². The van der Waals surface area contributed by atoms with Crippen LogP contribution in [-0.4, -0.2) is 21.1 Å². The van der Waals surface area contributed by atoms with E-state index < -0.39 is 0 Å². The van der Waals surface area contributed by atoms with E-state index in [1.54, 1.807) is 6.20 Å². The van der Waals surface area contributed by atoms with E-state index in [9.17, 15) is 5.26 Å². The number of aryl methyl sites for hydroxylation is 1. The first-order valence-corrected chi connectivity index (χ1v) is 10.1. The molecule has 29 heavy (non-hydrogen) atoms. The van der Waals surface area contributed by atoms with Gasteiger partial charge < -0.3 is 4.90 Å². The SMILES string of the molecule is Cc1cccnc1[C@@H]1CC=CC(=C2N=CCCC2C)N1Cc1cccnc1C#N. The van der Waals surface area contributed by atoms with E-state index in [1.165, 1.54) is 5.56 Å². The number of allylic oxidation sites excluding steroid dienone is 2. The van der Waals surface area contributed by atoms with E-state index in [1.807, 2.05) is 30.6 Å². The molecule has 5 nitrogen and oxygen atoms in total. The maximum Gasteiger partial charge on any atom is 0.145 e. The summed E-state index contributed by atoms with van der Waals surface area (Å²) in [6.07, 6.45) is 13.0. The van der Waals surface area contributed by atoms with Gasteiger partial charge in [0.1, 0.15) is 11.8 Å². The van der Waals surface area contributed by atoms with E-state index in [2.05, 4.69) is 48.0 Å². The van der Waals surface area contributed by atoms with E-state index in [-0.39, 0.29) is 6.04 Å². The van der Waals surface area contributed by atoms with Gasteiger partial charge in [-0.05, 0) is 50.0 Å². The molecule has 0 amide bonds. The molecule has 0 bridgehead atoms. The third-order valence-corrected chi connectivity index (χ3v) is 5.71. The molecule has 0 aliphatic carbocycles. The normalized spacial score (nSPS) is 23.8. The minimum Gasteiger partial charge on any atom is -0.357 e. The Kier molecular flexibility index (Phi) is 5.53. The maximum absolute atomic E-state index is 9.54. The second-order valence-corrected chi connectivity index (χ2v) is 7.67. The summed E-state index contributed by atoms with van der Waals surface area (Å²) in [5, 5.41) is 9.54. The Morgan fingerprint density at radius 3 is 2.83 bits per heavy atom. The number of nitrogens with zero attached hydrogens (tertiary/aromatic N) is 5. The molecule has 146 valence electrons. The third-order valence-electron chi connectivity index (χ3n) is 5.71. The summed E-state index contributed by atoms with van der Waals surface area (Å²) in [4.78, 5) is 16.1. The first-order chi connectivity index (χ1) is 14.2. The highest BCUT2D eigenvalue weighted by atomic mass is 15.2. The fourth-order valence-electron chi connectivity index (χ4n) is 4.15. The number of pyridine rings is 2. The number of rotatable bonds is 3. The van der Waals surface area contributed by atoms with Crippen molar-refractivity contribution in [2.24, 2.45) is 10.9 Å². The van der Waals surface area contributed by atoms with Crippen LogP contribution in [0.1, 0.15) is 54.7 Å². The summed E-state index contributed by atoms with van der Waals surface area (Å²) in [7, 11) is 0. The number of nitriles is 1. The van der Waals surface area contributed by atoms with Crippen molar-refractivity contribution in [1.29, 1.82) is 5.26 Å². The molecular formula is C24H25N5. The van der Waals surface area contributed by atoms with Crippen LogP contribution in [0.4, 0.5) is 0 Å². The Labute approximate surface area is 172 Å². The molecule has 0 N–H and O–H groups in total. The highest BCUT2D eigenvalue weighted by molar-refractivity contribution is 5.61. The molecule has 1 unspecified atom stereocenters. The Hall–Kier alpha value is -3.26. The lowest BCUT2D eigenvalue weighted by Gasteiger charge is -2.39. The average Bonchev–Trinajstić information content (AvgIpc) is 2.75. The lowest BCUT2D eigenvalue weighted by molar-refractivity contribution is 0.235. The molecule has 2 aliphatic heterocycles. The van der Waals surface area contributed by atoms with Crippen LogP contribution in [0.15, 0.2) is 65.2 Å². The number of hydrogen-bond donors (Lipinski definition) is 0. The van der Waals surface area contributed by atoms with Gasteiger partial charge in [-0.1, -0.05) is 25.1 Å². The zero-order chi connectivity index (χ0) is 20.2. The predicted octanol–water partition coefficient (Wildman–Crippen LogP) is 4.87. The number of aliphatic imine (C=N–C) groups is 1. The Bertz CT molecular complexity index is 1030. The topological polar surface area (TPSA) is 65.2 Å². The van der Waals surface area contributed by atoms with Crippen molar-refractivity contribution in [2.75, 3.05) is 0 Å². The molecule has 0 saturated carbocycles. The molecule has 4 rings (SSSR count). The van der Waals surface area contributed by atoms with Crippen LogP contribution >= 0.6 is 0 Å². The summed E-state index contributed by atoms with van der Waals surface area (Å²) in [5.41, 5.74) is 5.90. The van der Waals surface area contributed by atoms with Crippen LogP contribution in [0.2, 0.25) is 0 Å². The first-order valence-electron chi connectivity index (χ1n) is 10.1. The Morgan fingerprint density at radius 2 is 2.03 bits per heavy atom. The van der Waals surface area contributed by atoms with Gasteiger partial charge in [0, 0.05) is 36.6 Å². The second-order valence-electron chi connectivity index (χ2n) is 7.67. The van der Waals surface area contributed by atoms with Crippen LogP contribution in [0.5, 0.6) is 0 Å². The number of aromatic nitrogens is 2. The van der Waals surface area contributed by atoms with Crippen LogP contribution in [0.25, 0.3) is 0 Å². The lowest BCUT2D eigenvalue weighted by atomic mass is 9.92. The average molecular weight is 383 g/mol. The summed E-state index contributed by atoms with van der Waals surface area (Å²) < 4.78 is 0. The molecule has 4 heterocycles. The largest absolute Gasteiger partial charge is 0.357 e. The van der Waals surface area contributed by atoms with Crippen molar-refractivity contribution in [3.63, 3.8) is 0 Å². The van der Waals surface area contributed by atoms with Crippen molar-refractivity contribution in [3.05, 3.63) is 82.7 Å². The lowest BCUT2D eigenvalue weighted by Crippen LogP contribution is -2.32. The molecule has 0 saturated heterocycles. The van der Waals surface area contributed by atoms with Gasteiger partial charge in [-0.25, -0.2) is 4.98 Å². The van der Waals surface area contributed by atoms with Crippen molar-refractivity contribution in [2.45, 2.75) is 45.7 Å². The fourth-order valence-corrected chi connectivity index (χ4v) is 4.15. The first kappa shape index (κ1) is 19.1. The molecule has 5 heteroatoms. The quantitative estimate of drug-likeness (QED) is 0.758. The summed E-state index contributed by atoms with van der Waals surface area (Å²) in [6, 6.07) is 10.3. The fraction of sp³-hybridized carbons (Fsp3) is 0.333. The molecule has 2 aromatic rings. The molecule has 0 spiro atoms. The van der Waals surface area contributed by atoms with Gasteiger partial charge in [0.2, 0.25) is 0 Å². The monoisotopic (exact) mass is 383 g/mol. The third kappa shape index (κ3) is 3.84. The molecular weight excluding hydrogens is 358 g/mol. The van der Waals surface area contributed by atoms with Gasteiger partial charge in [0.05, 0.1) is 23.1 Å². The second kappa shape index (κ2) is 8.40. The van der Waals surface area contributed by atoms with Crippen molar-refractivity contribution >= 4 is 6.21 Å². The number of hydrogen-bond acceptors (Lipinski definition) is 5. The highest BCUT2D eigenvalue weighted by Crippen LogP contribution is 2.38. The van der Waals surface area contributed by atoms with Gasteiger partial charge in [-0.3, -0.25) is 9.98 Å². The standard InChI is InChI=1S/C24H25N5/c1-17-7-4-13-27-23(17)21-10-3-11-22(24-18(2)8-5-14-28-24)29(21)16-19-9-6-12-26-20(19)15-25/h3-4,6-7,9,11-14,18,21H,5,8,10,16H2,1-2H3/t18?,21-/m0/s1. The smallest absolute Gasteiger partial charge is 0.145 e. The molecule has 2 aliphatic rings. The van der Waals surface area contributed by atoms with E-state index in [0.717, 1.165) is 41.9 Å². The molecule has 0 aromatic carbocycles. The Morgan fingerprint density at radius 1 is 1.21 bits per heavy atom. The van der Waals surface area contributed by atoms with Gasteiger partial charge in [-0.15, -0.1) is 0 Å². The minimum atomic E-state index is 0.0970. The van der Waals surface area contributed by atoms with Crippen LogP contribution < -0.4 is 0 Å². The zero-order valence-electron chi connectivity index (χ0n) is 16.9. The van der Waals surface area contributed by atoms with Crippen molar-refractivity contribution in [3.8, 4) is 6.07 Å². The van der Waals surface area contributed by atoms with Gasteiger partial charge in [-0.2, -0.15) is 5.26 Å². The highest BCUT2D eigenvalue weighted by Gasteiger charge is 2.30. The van der Waals surface area contributed by atoms with Crippen LogP contribution in [0, 0.1) is 24.2 Å². The van der Waals surface area contributed by atoms with E-state index >= 15 is 0 Å². The molecule has 0 radical (unpaired) electrons. The molecule has 2 atom stereocenters. The summed E-state index contributed by atoms with van der Waals surface area (Å²) >= 11 is 0. The minimum absolute atomic E-state index is 0.0970. The van der Waals surface area contributed by atoms with Gasteiger partial charge >= 0.3 is 0 Å². The summed E-state index contributed by atoms with van der Waals surface area (Å²) in [6.45, 7) is 4.95. The van der Waals surface area contributed by atoms with Crippen molar-refractivity contribution < 1.29 is 0 Å².